The number of hydrogen-bond acceptors (Lipinski definition) is 8. The van der Waals surface area contributed by atoms with Crippen LogP contribution in [0.2, 0.25) is 0 Å². The molecule has 0 fully saturated rings. The topological polar surface area (TPSA) is 111 Å². The van der Waals surface area contributed by atoms with Gasteiger partial charge in [-0.1, -0.05) is 304 Å². The zero-order valence-electron chi connectivity index (χ0n) is 56.2. The number of rotatable bonds is 66. The van der Waals surface area contributed by atoms with Crippen molar-refractivity contribution in [3.05, 3.63) is 85.1 Å². The number of ether oxygens (including phenoxy) is 4. The SMILES string of the molecule is CC/C=C\C/C=C\C/C=C\C/C=C\C/C=C\C/C=C\CCCCCCC(=O)OC(COC(=O)CCCCCCCCCCCCCCCCCCCCCCCCCCC/C=C\CCCCCCCCCC)COC(OCC[N+](C)(C)C)C(=O)[O-]. The third-order valence-corrected chi connectivity index (χ3v) is 15.6. The Balaban J connectivity index is 4.05. The second-order valence-corrected chi connectivity index (χ2v) is 25.1. The summed E-state index contributed by atoms with van der Waals surface area (Å²) in [6.45, 7) is 4.63. The quantitative estimate of drug-likeness (QED) is 0.0195. The number of allylic oxidation sites excluding steroid dienone is 14. The number of unbranched alkanes of at least 4 members (excludes halogenated alkanes) is 37. The molecule has 85 heavy (non-hydrogen) atoms. The third kappa shape index (κ3) is 67.8. The van der Waals surface area contributed by atoms with Gasteiger partial charge in [0.25, 0.3) is 0 Å². The van der Waals surface area contributed by atoms with Crippen molar-refractivity contribution in [1.29, 1.82) is 0 Å². The summed E-state index contributed by atoms with van der Waals surface area (Å²) in [5.74, 6) is -2.31. The van der Waals surface area contributed by atoms with Crippen molar-refractivity contribution < 1.29 is 42.9 Å². The number of carbonyl (C=O) groups is 3. The van der Waals surface area contributed by atoms with E-state index in [1.54, 1.807) is 0 Å². The van der Waals surface area contributed by atoms with E-state index in [0.29, 0.717) is 17.4 Å². The van der Waals surface area contributed by atoms with Crippen LogP contribution in [0.25, 0.3) is 0 Å². The molecule has 9 nitrogen and oxygen atoms in total. The molecule has 0 rings (SSSR count). The van der Waals surface area contributed by atoms with E-state index in [-0.39, 0.29) is 38.6 Å². The van der Waals surface area contributed by atoms with Crippen LogP contribution >= 0.6 is 0 Å². The number of nitrogens with zero attached hydrogens (tertiary/aromatic N) is 1. The molecule has 0 aromatic heterocycles. The number of carboxylic acids is 1. The van der Waals surface area contributed by atoms with Gasteiger partial charge in [0.1, 0.15) is 13.2 Å². The molecule has 0 bridgehead atoms. The lowest BCUT2D eigenvalue weighted by atomic mass is 10.0. The monoisotopic (exact) mass is 1190 g/mol. The maximum absolute atomic E-state index is 12.9. The first-order valence-corrected chi connectivity index (χ1v) is 35.7. The van der Waals surface area contributed by atoms with E-state index in [9.17, 15) is 19.5 Å². The molecule has 0 aromatic carbocycles. The second kappa shape index (κ2) is 66.4. The van der Waals surface area contributed by atoms with E-state index in [1.807, 2.05) is 21.1 Å². The minimum absolute atomic E-state index is 0.140. The zero-order chi connectivity index (χ0) is 61.9. The van der Waals surface area contributed by atoms with Gasteiger partial charge in [-0.2, -0.15) is 0 Å². The first kappa shape index (κ1) is 81.5. The lowest BCUT2D eigenvalue weighted by molar-refractivity contribution is -0.870. The van der Waals surface area contributed by atoms with Gasteiger partial charge < -0.3 is 33.3 Å². The molecule has 2 unspecified atom stereocenters. The Bertz CT molecular complexity index is 1670. The van der Waals surface area contributed by atoms with E-state index in [2.05, 4.69) is 98.9 Å². The summed E-state index contributed by atoms with van der Waals surface area (Å²) in [6, 6.07) is 0. The molecule has 0 heterocycles. The minimum atomic E-state index is -1.63. The molecule has 0 aliphatic rings. The Hall–Kier alpha value is -3.53. The first-order valence-electron chi connectivity index (χ1n) is 35.7. The number of hydrogen-bond donors (Lipinski definition) is 0. The van der Waals surface area contributed by atoms with Gasteiger partial charge in [0, 0.05) is 12.8 Å². The number of quaternary nitrogens is 1. The van der Waals surface area contributed by atoms with Crippen LogP contribution in [0.4, 0.5) is 0 Å². The molecule has 0 radical (unpaired) electrons. The standard InChI is InChI=1S/C76H135NO8/c1-6-8-10-12-14-16-18-20-22-24-26-28-30-31-32-33-34-35-36-37-38-39-40-41-42-43-45-46-48-50-52-54-56-58-60-62-64-66-73(78)83-70-72(71-84-76(75(80)81)82-69-68-77(3,4)5)85-74(79)67-65-63-61-59-57-55-53-51-49-47-44-29-27-25-23-21-19-17-15-13-11-9-7-2/h9,11,15,17,21,23-24,26-27,29,47,49,53,55,72,76H,6-8,10,12-14,16,18-20,22,25,28,30-46,48,50-52,54,56-71H2,1-5H3/b11-9-,17-15-,23-21-,26-24-,29-27-,49-47-,55-53-. The number of esters is 2. The summed E-state index contributed by atoms with van der Waals surface area (Å²) in [6.07, 6.45) is 86.9. The van der Waals surface area contributed by atoms with Crippen LogP contribution in [0.15, 0.2) is 85.1 Å². The molecule has 0 saturated carbocycles. The van der Waals surface area contributed by atoms with Crippen LogP contribution in [0.3, 0.4) is 0 Å². The van der Waals surface area contributed by atoms with E-state index in [4.69, 9.17) is 18.9 Å². The fourth-order valence-corrected chi connectivity index (χ4v) is 10.2. The fraction of sp³-hybridized carbons (Fsp3) is 0.776. The van der Waals surface area contributed by atoms with Crippen LogP contribution in [0.5, 0.6) is 0 Å². The zero-order valence-corrected chi connectivity index (χ0v) is 56.2. The summed E-state index contributed by atoms with van der Waals surface area (Å²) in [7, 11) is 5.92. The highest BCUT2D eigenvalue weighted by Crippen LogP contribution is 2.18. The Labute approximate surface area is 525 Å². The van der Waals surface area contributed by atoms with Gasteiger partial charge in [-0.15, -0.1) is 0 Å². The summed E-state index contributed by atoms with van der Waals surface area (Å²) in [4.78, 5) is 37.5. The van der Waals surface area contributed by atoms with Gasteiger partial charge in [-0.25, -0.2) is 0 Å². The molecule has 0 N–H and O–H groups in total. The Morgan fingerprint density at radius 1 is 0.365 bits per heavy atom. The van der Waals surface area contributed by atoms with Crippen molar-refractivity contribution in [3.8, 4) is 0 Å². The van der Waals surface area contributed by atoms with Gasteiger partial charge in [0.15, 0.2) is 12.4 Å². The van der Waals surface area contributed by atoms with E-state index in [1.165, 1.54) is 205 Å². The second-order valence-electron chi connectivity index (χ2n) is 25.1. The predicted octanol–water partition coefficient (Wildman–Crippen LogP) is 20.9. The molecule has 0 amide bonds. The number of carbonyl (C=O) groups excluding carboxylic acids is 3. The largest absolute Gasteiger partial charge is 0.545 e. The molecule has 492 valence electrons. The average molecular weight is 1190 g/mol. The smallest absolute Gasteiger partial charge is 0.306 e. The maximum Gasteiger partial charge on any atom is 0.306 e. The molecule has 0 spiro atoms. The molecule has 0 aliphatic carbocycles. The summed E-state index contributed by atoms with van der Waals surface area (Å²) in [5.41, 5.74) is 0. The van der Waals surface area contributed by atoms with Crippen molar-refractivity contribution in [2.75, 3.05) is 47.5 Å². The van der Waals surface area contributed by atoms with E-state index >= 15 is 0 Å². The summed E-state index contributed by atoms with van der Waals surface area (Å²) in [5, 5.41) is 11.8. The Kier molecular flexibility index (Phi) is 63.7. The number of aliphatic carboxylic acids is 1. The number of carboxylic acid groups (broad SMARTS) is 1. The molecule has 0 aliphatic heterocycles. The third-order valence-electron chi connectivity index (χ3n) is 15.6. The van der Waals surface area contributed by atoms with Crippen molar-refractivity contribution in [1.82, 2.24) is 0 Å². The molecule has 9 heteroatoms. The van der Waals surface area contributed by atoms with Crippen molar-refractivity contribution >= 4 is 17.9 Å². The highest BCUT2D eigenvalue weighted by atomic mass is 16.7. The molecule has 0 aromatic rings. The Morgan fingerprint density at radius 2 is 0.671 bits per heavy atom. The lowest BCUT2D eigenvalue weighted by Gasteiger charge is -2.26. The number of likely N-dealkylation sites (N-methyl/N-ethyl adjacent to an activating group) is 1. The van der Waals surface area contributed by atoms with Crippen molar-refractivity contribution in [2.24, 2.45) is 0 Å². The lowest BCUT2D eigenvalue weighted by Crippen LogP contribution is -2.44. The molecular weight excluding hydrogens is 1050 g/mol. The average Bonchev–Trinajstić information content (AvgIpc) is 3.49. The van der Waals surface area contributed by atoms with Gasteiger partial charge in [0.05, 0.1) is 40.3 Å². The summed E-state index contributed by atoms with van der Waals surface area (Å²) < 4.78 is 22.8. The van der Waals surface area contributed by atoms with Gasteiger partial charge in [0.2, 0.25) is 0 Å². The maximum atomic E-state index is 12.9. The molecule has 0 saturated heterocycles. The van der Waals surface area contributed by atoms with E-state index < -0.39 is 24.3 Å². The highest BCUT2D eigenvalue weighted by Gasteiger charge is 2.22. The molecule has 2 atom stereocenters. The van der Waals surface area contributed by atoms with Gasteiger partial charge in [-0.05, 0) is 89.9 Å². The minimum Gasteiger partial charge on any atom is -0.545 e. The first-order chi connectivity index (χ1) is 41.6. The van der Waals surface area contributed by atoms with Crippen LogP contribution < -0.4 is 5.11 Å². The van der Waals surface area contributed by atoms with Crippen LogP contribution in [0.1, 0.15) is 322 Å². The van der Waals surface area contributed by atoms with Crippen LogP contribution in [-0.2, 0) is 33.3 Å². The van der Waals surface area contributed by atoms with Crippen LogP contribution in [0, 0.1) is 0 Å². The Morgan fingerprint density at radius 3 is 1.01 bits per heavy atom. The van der Waals surface area contributed by atoms with Crippen molar-refractivity contribution in [2.45, 2.75) is 334 Å². The van der Waals surface area contributed by atoms with E-state index in [0.717, 1.165) is 83.5 Å². The van der Waals surface area contributed by atoms with Crippen LogP contribution in [-0.4, -0.2) is 82.3 Å². The molecular formula is C76H135NO8. The fourth-order valence-electron chi connectivity index (χ4n) is 10.2. The normalized spacial score (nSPS) is 13.2. The predicted molar refractivity (Wildman–Crippen MR) is 361 cm³/mol. The van der Waals surface area contributed by atoms with Gasteiger partial charge >= 0.3 is 11.9 Å². The summed E-state index contributed by atoms with van der Waals surface area (Å²) >= 11 is 0. The highest BCUT2D eigenvalue weighted by molar-refractivity contribution is 5.70. The van der Waals surface area contributed by atoms with Gasteiger partial charge in [-0.3, -0.25) is 9.59 Å². The van der Waals surface area contributed by atoms with Crippen molar-refractivity contribution in [3.63, 3.8) is 0 Å².